The van der Waals surface area contributed by atoms with Gasteiger partial charge in [-0.15, -0.1) is 0 Å². The van der Waals surface area contributed by atoms with E-state index in [1.54, 1.807) is 0 Å². The first-order chi connectivity index (χ1) is 19.9. The number of nitrogens with zero attached hydrogens (tertiary/aromatic N) is 2. The van der Waals surface area contributed by atoms with E-state index in [0.717, 1.165) is 33.3 Å². The fourth-order valence-electron chi connectivity index (χ4n) is 5.76. The standard InChI is InChI=1S/C34H37N3O4/c1-23-18-24(2)36-28-14-9-15-31(32(23)28)41-22-27(38)21-37-17-16-35-33(29(39)19-25-10-5-3-6-11-25)34(37)30(40)20-26-12-7-4-8-13-26/h3-15,18,27,33-35,38H,16-17,19-22H2,1-2H3. The largest absolute Gasteiger partial charge is 0.490 e. The van der Waals surface area contributed by atoms with Crippen LogP contribution in [0.4, 0.5) is 0 Å². The van der Waals surface area contributed by atoms with Crippen molar-refractivity contribution in [3.05, 3.63) is 107 Å². The second-order valence-corrected chi connectivity index (χ2v) is 10.8. The van der Waals surface area contributed by atoms with Crippen molar-refractivity contribution in [2.75, 3.05) is 26.2 Å². The minimum atomic E-state index is -0.862. The zero-order valence-electron chi connectivity index (χ0n) is 23.6. The first kappa shape index (κ1) is 28.6. The van der Waals surface area contributed by atoms with Gasteiger partial charge in [0.25, 0.3) is 0 Å². The van der Waals surface area contributed by atoms with Crippen LogP contribution in [0.15, 0.2) is 84.9 Å². The molecule has 0 radical (unpaired) electrons. The molecular formula is C34H37N3O4. The van der Waals surface area contributed by atoms with E-state index in [1.807, 2.05) is 104 Å². The van der Waals surface area contributed by atoms with E-state index in [2.05, 4.69) is 10.3 Å². The van der Waals surface area contributed by atoms with Crippen LogP contribution in [-0.4, -0.2) is 71.0 Å². The van der Waals surface area contributed by atoms with Crippen molar-refractivity contribution in [2.45, 2.75) is 44.9 Å². The normalized spacial score (nSPS) is 18.2. The fraction of sp³-hybridized carbons (Fsp3) is 0.324. The number of piperazine rings is 1. The van der Waals surface area contributed by atoms with E-state index < -0.39 is 18.2 Å². The Bertz CT molecular complexity index is 1490. The lowest BCUT2D eigenvalue weighted by molar-refractivity contribution is -0.133. The Morgan fingerprint density at radius 3 is 2.29 bits per heavy atom. The number of ether oxygens (including phenoxy) is 1. The monoisotopic (exact) mass is 551 g/mol. The summed E-state index contributed by atoms with van der Waals surface area (Å²) in [5.41, 5.74) is 4.66. The van der Waals surface area contributed by atoms with Crippen molar-refractivity contribution in [2.24, 2.45) is 0 Å². The molecule has 2 N–H and O–H groups in total. The van der Waals surface area contributed by atoms with Gasteiger partial charge in [0.2, 0.25) is 0 Å². The summed E-state index contributed by atoms with van der Waals surface area (Å²) >= 11 is 0. The van der Waals surface area contributed by atoms with E-state index in [9.17, 15) is 14.7 Å². The minimum Gasteiger partial charge on any atom is -0.490 e. The average molecular weight is 552 g/mol. The van der Waals surface area contributed by atoms with Crippen molar-refractivity contribution < 1.29 is 19.4 Å². The van der Waals surface area contributed by atoms with Crippen molar-refractivity contribution in [3.63, 3.8) is 0 Å². The number of aliphatic hydroxyl groups excluding tert-OH is 1. The van der Waals surface area contributed by atoms with Gasteiger partial charge in [-0.3, -0.25) is 19.5 Å². The minimum absolute atomic E-state index is 0.0351. The number of aromatic nitrogens is 1. The molecule has 7 heteroatoms. The molecule has 0 bridgehead atoms. The zero-order valence-corrected chi connectivity index (χ0v) is 23.6. The van der Waals surface area contributed by atoms with Crippen LogP contribution in [0, 0.1) is 13.8 Å². The smallest absolute Gasteiger partial charge is 0.156 e. The van der Waals surface area contributed by atoms with Crippen LogP contribution in [0.5, 0.6) is 5.75 Å². The van der Waals surface area contributed by atoms with Gasteiger partial charge in [-0.05, 0) is 48.7 Å². The van der Waals surface area contributed by atoms with Crippen LogP contribution >= 0.6 is 0 Å². The lowest BCUT2D eigenvalue weighted by Crippen LogP contribution is -2.65. The Hall–Kier alpha value is -3.91. The molecule has 0 saturated carbocycles. The molecule has 5 rings (SSSR count). The molecule has 1 aliphatic heterocycles. The summed E-state index contributed by atoms with van der Waals surface area (Å²) in [5.74, 6) is 0.584. The summed E-state index contributed by atoms with van der Waals surface area (Å²) in [5, 5.41) is 15.3. The van der Waals surface area contributed by atoms with Crippen LogP contribution in [0.25, 0.3) is 10.9 Å². The van der Waals surface area contributed by atoms with E-state index in [-0.39, 0.29) is 37.6 Å². The molecule has 1 aliphatic rings. The number of hydrogen-bond acceptors (Lipinski definition) is 7. The van der Waals surface area contributed by atoms with Gasteiger partial charge < -0.3 is 15.2 Å². The molecule has 0 amide bonds. The molecule has 1 aromatic heterocycles. The third-order valence-corrected chi connectivity index (χ3v) is 7.59. The highest BCUT2D eigenvalue weighted by Gasteiger charge is 2.40. The van der Waals surface area contributed by atoms with E-state index in [1.165, 1.54) is 0 Å². The fourth-order valence-corrected chi connectivity index (χ4v) is 5.76. The van der Waals surface area contributed by atoms with Crippen LogP contribution in [0.3, 0.4) is 0 Å². The Balaban J connectivity index is 1.32. The predicted octanol–water partition coefficient (Wildman–Crippen LogP) is 3.86. The topological polar surface area (TPSA) is 91.8 Å². The number of aryl methyl sites for hydroxylation is 2. The van der Waals surface area contributed by atoms with Crippen molar-refractivity contribution in [1.29, 1.82) is 0 Å². The van der Waals surface area contributed by atoms with Crippen molar-refractivity contribution in [3.8, 4) is 5.75 Å². The number of Topliss-reactive ketones (excluding diaryl/α,β-unsaturated/α-hetero) is 2. The van der Waals surface area contributed by atoms with Gasteiger partial charge in [0.15, 0.2) is 11.6 Å². The molecule has 3 atom stereocenters. The van der Waals surface area contributed by atoms with Crippen LogP contribution < -0.4 is 10.1 Å². The molecule has 3 aromatic carbocycles. The molecule has 0 aliphatic carbocycles. The maximum atomic E-state index is 13.8. The predicted molar refractivity (Wildman–Crippen MR) is 160 cm³/mol. The Kier molecular flexibility index (Phi) is 9.19. The third kappa shape index (κ3) is 7.06. The first-order valence-corrected chi connectivity index (χ1v) is 14.2. The molecular weight excluding hydrogens is 514 g/mol. The Morgan fingerprint density at radius 2 is 1.61 bits per heavy atom. The van der Waals surface area contributed by atoms with Gasteiger partial charge in [-0.1, -0.05) is 66.7 Å². The number of aliphatic hydroxyl groups is 1. The van der Waals surface area contributed by atoms with Gasteiger partial charge in [0.05, 0.1) is 17.6 Å². The summed E-state index contributed by atoms with van der Waals surface area (Å²) < 4.78 is 6.10. The van der Waals surface area contributed by atoms with Gasteiger partial charge in [-0.25, -0.2) is 0 Å². The average Bonchev–Trinajstić information content (AvgIpc) is 2.96. The number of carbonyl (C=O) groups is 2. The van der Waals surface area contributed by atoms with Gasteiger partial charge in [0, 0.05) is 43.6 Å². The Morgan fingerprint density at radius 1 is 0.951 bits per heavy atom. The van der Waals surface area contributed by atoms with E-state index in [0.29, 0.717) is 18.8 Å². The maximum Gasteiger partial charge on any atom is 0.156 e. The summed E-state index contributed by atoms with van der Waals surface area (Å²) in [6.45, 7) is 5.33. The molecule has 1 fully saturated rings. The highest BCUT2D eigenvalue weighted by molar-refractivity contribution is 5.96. The molecule has 212 valence electrons. The third-order valence-electron chi connectivity index (χ3n) is 7.59. The second-order valence-electron chi connectivity index (χ2n) is 10.8. The number of pyridine rings is 1. The molecule has 2 heterocycles. The zero-order chi connectivity index (χ0) is 28.8. The van der Waals surface area contributed by atoms with Gasteiger partial charge in [0.1, 0.15) is 18.5 Å². The molecule has 3 unspecified atom stereocenters. The molecule has 0 spiro atoms. The molecule has 4 aromatic rings. The van der Waals surface area contributed by atoms with E-state index >= 15 is 0 Å². The number of nitrogens with one attached hydrogen (secondary N) is 1. The molecule has 1 saturated heterocycles. The number of benzene rings is 3. The molecule has 7 nitrogen and oxygen atoms in total. The van der Waals surface area contributed by atoms with Crippen LogP contribution in [0.1, 0.15) is 22.4 Å². The number of rotatable bonds is 11. The summed E-state index contributed by atoms with van der Waals surface area (Å²) in [6, 6.07) is 25.5. The van der Waals surface area contributed by atoms with E-state index in [4.69, 9.17) is 4.74 Å². The lowest BCUT2D eigenvalue weighted by atomic mass is 9.89. The summed E-state index contributed by atoms with van der Waals surface area (Å²) in [6.07, 6.45) is -0.410. The Labute approximate surface area is 241 Å². The number of carbonyl (C=O) groups excluding carboxylic acids is 2. The number of β-amino-alcohol motifs (C(OH)–C–C–N with tert-alkyl or cyclic N) is 1. The summed E-state index contributed by atoms with van der Waals surface area (Å²) in [7, 11) is 0. The highest BCUT2D eigenvalue weighted by atomic mass is 16.5. The number of hydrogen-bond donors (Lipinski definition) is 2. The highest BCUT2D eigenvalue weighted by Crippen LogP contribution is 2.28. The first-order valence-electron chi connectivity index (χ1n) is 14.2. The number of fused-ring (bicyclic) bond motifs is 1. The van der Waals surface area contributed by atoms with Gasteiger partial charge >= 0.3 is 0 Å². The second kappa shape index (κ2) is 13.2. The lowest BCUT2D eigenvalue weighted by Gasteiger charge is -2.41. The quantitative estimate of drug-likeness (QED) is 0.293. The molecule has 41 heavy (non-hydrogen) atoms. The van der Waals surface area contributed by atoms with Crippen molar-refractivity contribution in [1.82, 2.24) is 15.2 Å². The van der Waals surface area contributed by atoms with Gasteiger partial charge in [-0.2, -0.15) is 0 Å². The summed E-state index contributed by atoms with van der Waals surface area (Å²) in [4.78, 5) is 33.8. The van der Waals surface area contributed by atoms with Crippen molar-refractivity contribution >= 4 is 22.5 Å². The van der Waals surface area contributed by atoms with Crippen LogP contribution in [-0.2, 0) is 22.4 Å². The maximum absolute atomic E-state index is 13.8. The number of ketones is 2. The SMILES string of the molecule is Cc1cc(C)c2c(OCC(O)CN3CCNC(C(=O)Cc4ccccc4)C3C(=O)Cc3ccccc3)cccc2n1. The van der Waals surface area contributed by atoms with Crippen LogP contribution in [0.2, 0.25) is 0 Å².